The summed E-state index contributed by atoms with van der Waals surface area (Å²) in [5, 5.41) is 5.99. The lowest BCUT2D eigenvalue weighted by atomic mass is 10.3. The van der Waals surface area contributed by atoms with Crippen LogP contribution >= 0.6 is 27.3 Å². The first kappa shape index (κ1) is 12.3. The van der Waals surface area contributed by atoms with Gasteiger partial charge >= 0.3 is 0 Å². The zero-order valence-electron chi connectivity index (χ0n) is 9.75. The van der Waals surface area contributed by atoms with E-state index in [-0.39, 0.29) is 0 Å². The van der Waals surface area contributed by atoms with E-state index in [0.29, 0.717) is 5.95 Å². The summed E-state index contributed by atoms with van der Waals surface area (Å²) in [5.74, 6) is 0.561. The minimum Gasteiger partial charge on any atom is -0.324 e. The molecule has 3 aromatic rings. The number of nitrogens with zero attached hydrogens (tertiary/aromatic N) is 3. The van der Waals surface area contributed by atoms with E-state index in [1.165, 1.54) is 0 Å². The minimum atomic E-state index is 0.561. The number of thiazole rings is 1. The third-order valence-electron chi connectivity index (χ3n) is 2.39. The maximum atomic E-state index is 4.45. The SMILES string of the molecule is Brc1cccc(Nc2nccc(-c3nccs3)n2)c1. The lowest BCUT2D eigenvalue weighted by Crippen LogP contribution is -1.97. The molecule has 0 saturated carbocycles. The number of hydrogen-bond acceptors (Lipinski definition) is 5. The Hall–Kier alpha value is -1.79. The van der Waals surface area contributed by atoms with Crippen LogP contribution < -0.4 is 5.32 Å². The Morgan fingerprint density at radius 1 is 1.11 bits per heavy atom. The van der Waals surface area contributed by atoms with Crippen LogP contribution in [0.3, 0.4) is 0 Å². The Bertz CT molecular complexity index is 685. The molecule has 1 aromatic carbocycles. The standard InChI is InChI=1S/C13H9BrN4S/c14-9-2-1-3-10(8-9)17-13-16-5-4-11(18-13)12-15-6-7-19-12/h1-8H,(H,16,17,18). The summed E-state index contributed by atoms with van der Waals surface area (Å²) < 4.78 is 1.01. The first-order chi connectivity index (χ1) is 9.31. The van der Waals surface area contributed by atoms with Gasteiger partial charge in [0.1, 0.15) is 10.7 Å². The van der Waals surface area contributed by atoms with Gasteiger partial charge < -0.3 is 5.32 Å². The number of benzene rings is 1. The molecule has 0 spiro atoms. The molecular weight excluding hydrogens is 324 g/mol. The lowest BCUT2D eigenvalue weighted by Gasteiger charge is -2.05. The molecular formula is C13H9BrN4S. The fourth-order valence-corrected chi connectivity index (χ4v) is 2.59. The first-order valence-corrected chi connectivity index (χ1v) is 7.24. The number of anilines is 2. The topological polar surface area (TPSA) is 50.7 Å². The van der Waals surface area contributed by atoms with Crippen molar-refractivity contribution in [3.05, 3.63) is 52.6 Å². The highest BCUT2D eigenvalue weighted by Gasteiger charge is 2.04. The van der Waals surface area contributed by atoms with Gasteiger partial charge in [0.05, 0.1) is 0 Å². The third kappa shape index (κ3) is 2.97. The van der Waals surface area contributed by atoms with Gasteiger partial charge in [-0.1, -0.05) is 22.0 Å². The molecule has 0 atom stereocenters. The zero-order valence-corrected chi connectivity index (χ0v) is 12.1. The van der Waals surface area contributed by atoms with Gasteiger partial charge in [-0.25, -0.2) is 15.0 Å². The van der Waals surface area contributed by atoms with Crippen LogP contribution in [-0.2, 0) is 0 Å². The largest absolute Gasteiger partial charge is 0.324 e. The summed E-state index contributed by atoms with van der Waals surface area (Å²) >= 11 is 4.99. The molecule has 0 saturated heterocycles. The molecule has 0 aliphatic heterocycles. The Morgan fingerprint density at radius 2 is 2.05 bits per heavy atom. The highest BCUT2D eigenvalue weighted by atomic mass is 79.9. The molecule has 0 bridgehead atoms. The van der Waals surface area contributed by atoms with Gasteiger partial charge in [-0.3, -0.25) is 0 Å². The second-order valence-corrected chi connectivity index (χ2v) is 5.55. The Morgan fingerprint density at radius 3 is 2.84 bits per heavy atom. The molecule has 2 aromatic heterocycles. The van der Waals surface area contributed by atoms with Crippen LogP contribution in [0.5, 0.6) is 0 Å². The monoisotopic (exact) mass is 332 g/mol. The van der Waals surface area contributed by atoms with Crippen LogP contribution in [-0.4, -0.2) is 15.0 Å². The molecule has 0 amide bonds. The van der Waals surface area contributed by atoms with Crippen LogP contribution in [0.1, 0.15) is 0 Å². The third-order valence-corrected chi connectivity index (χ3v) is 3.68. The Kier molecular flexibility index (Phi) is 3.52. The van der Waals surface area contributed by atoms with Crippen molar-refractivity contribution in [2.75, 3.05) is 5.32 Å². The second kappa shape index (κ2) is 5.46. The van der Waals surface area contributed by atoms with Gasteiger partial charge in [0.2, 0.25) is 5.95 Å². The van der Waals surface area contributed by atoms with Crippen LogP contribution in [0.25, 0.3) is 10.7 Å². The van der Waals surface area contributed by atoms with Gasteiger partial charge in [0.15, 0.2) is 0 Å². The maximum Gasteiger partial charge on any atom is 0.227 e. The minimum absolute atomic E-state index is 0.561. The fraction of sp³-hybridized carbons (Fsp3) is 0. The average molecular weight is 333 g/mol. The van der Waals surface area contributed by atoms with Crippen molar-refractivity contribution in [3.63, 3.8) is 0 Å². The number of halogens is 1. The maximum absolute atomic E-state index is 4.45. The van der Waals surface area contributed by atoms with E-state index in [2.05, 4.69) is 36.2 Å². The average Bonchev–Trinajstić information content (AvgIpc) is 2.93. The molecule has 1 N–H and O–H groups in total. The smallest absolute Gasteiger partial charge is 0.227 e. The summed E-state index contributed by atoms with van der Waals surface area (Å²) in [6.07, 6.45) is 3.49. The highest BCUT2D eigenvalue weighted by molar-refractivity contribution is 9.10. The molecule has 4 nitrogen and oxygen atoms in total. The van der Waals surface area contributed by atoms with E-state index in [4.69, 9.17) is 0 Å². The molecule has 3 rings (SSSR count). The highest BCUT2D eigenvalue weighted by Crippen LogP contribution is 2.22. The molecule has 0 aliphatic carbocycles. The normalized spacial score (nSPS) is 10.4. The van der Waals surface area contributed by atoms with Crippen molar-refractivity contribution in [2.24, 2.45) is 0 Å². The summed E-state index contributed by atoms with van der Waals surface area (Å²) in [5.41, 5.74) is 1.76. The Labute approximate surface area is 122 Å². The van der Waals surface area contributed by atoms with Crippen molar-refractivity contribution in [1.29, 1.82) is 0 Å². The van der Waals surface area contributed by atoms with Gasteiger partial charge in [0.25, 0.3) is 0 Å². The van der Waals surface area contributed by atoms with Crippen LogP contribution in [0.2, 0.25) is 0 Å². The van der Waals surface area contributed by atoms with Crippen molar-refractivity contribution < 1.29 is 0 Å². The first-order valence-electron chi connectivity index (χ1n) is 5.57. The van der Waals surface area contributed by atoms with Gasteiger partial charge in [-0.05, 0) is 24.3 Å². The lowest BCUT2D eigenvalue weighted by molar-refractivity contribution is 1.16. The van der Waals surface area contributed by atoms with Crippen molar-refractivity contribution in [2.45, 2.75) is 0 Å². The van der Waals surface area contributed by atoms with E-state index in [1.54, 1.807) is 23.7 Å². The number of nitrogens with one attached hydrogen (secondary N) is 1. The van der Waals surface area contributed by atoms with E-state index >= 15 is 0 Å². The molecule has 0 radical (unpaired) electrons. The van der Waals surface area contributed by atoms with Gasteiger partial charge in [0, 0.05) is 27.9 Å². The van der Waals surface area contributed by atoms with E-state index in [1.807, 2.05) is 35.7 Å². The van der Waals surface area contributed by atoms with Gasteiger partial charge in [-0.15, -0.1) is 11.3 Å². The van der Waals surface area contributed by atoms with Crippen LogP contribution in [0, 0.1) is 0 Å². The van der Waals surface area contributed by atoms with Crippen molar-refractivity contribution >= 4 is 38.9 Å². The second-order valence-electron chi connectivity index (χ2n) is 3.74. The molecule has 0 fully saturated rings. The quantitative estimate of drug-likeness (QED) is 0.784. The molecule has 0 unspecified atom stereocenters. The van der Waals surface area contributed by atoms with Crippen molar-refractivity contribution in [3.8, 4) is 10.7 Å². The number of aromatic nitrogens is 3. The van der Waals surface area contributed by atoms with Crippen LogP contribution in [0.15, 0.2) is 52.6 Å². The van der Waals surface area contributed by atoms with E-state index < -0.39 is 0 Å². The number of hydrogen-bond donors (Lipinski definition) is 1. The van der Waals surface area contributed by atoms with Crippen LogP contribution in [0.4, 0.5) is 11.6 Å². The van der Waals surface area contributed by atoms with E-state index in [0.717, 1.165) is 20.9 Å². The zero-order chi connectivity index (χ0) is 13.1. The summed E-state index contributed by atoms with van der Waals surface area (Å²) in [6.45, 7) is 0. The molecule has 94 valence electrons. The van der Waals surface area contributed by atoms with E-state index in [9.17, 15) is 0 Å². The number of rotatable bonds is 3. The Balaban J connectivity index is 1.88. The molecule has 19 heavy (non-hydrogen) atoms. The summed E-state index contributed by atoms with van der Waals surface area (Å²) in [7, 11) is 0. The fourth-order valence-electron chi connectivity index (χ4n) is 1.58. The molecule has 6 heteroatoms. The van der Waals surface area contributed by atoms with Gasteiger partial charge in [-0.2, -0.15) is 0 Å². The predicted molar refractivity (Wildman–Crippen MR) is 80.6 cm³/mol. The molecule has 0 aliphatic rings. The summed E-state index contributed by atoms with van der Waals surface area (Å²) in [6, 6.07) is 9.71. The summed E-state index contributed by atoms with van der Waals surface area (Å²) in [4.78, 5) is 12.9. The van der Waals surface area contributed by atoms with Crippen molar-refractivity contribution in [1.82, 2.24) is 15.0 Å². The molecule has 2 heterocycles. The predicted octanol–water partition coefficient (Wildman–Crippen LogP) is 4.11.